The van der Waals surface area contributed by atoms with Crippen molar-refractivity contribution < 1.29 is 4.79 Å². The van der Waals surface area contributed by atoms with E-state index in [0.717, 1.165) is 31.0 Å². The Bertz CT molecular complexity index is 618. The SMILES string of the molecule is CCCCN(CC)c1ccc(C(=O)Nc2cnn(CC)c2)cc1. The van der Waals surface area contributed by atoms with Crippen LogP contribution in [0.5, 0.6) is 0 Å². The van der Waals surface area contributed by atoms with Crippen LogP contribution in [0, 0.1) is 0 Å². The highest BCUT2D eigenvalue weighted by molar-refractivity contribution is 6.04. The molecule has 0 unspecified atom stereocenters. The van der Waals surface area contributed by atoms with Gasteiger partial charge in [0.05, 0.1) is 11.9 Å². The number of aryl methyl sites for hydroxylation is 1. The third kappa shape index (κ3) is 4.58. The number of amides is 1. The van der Waals surface area contributed by atoms with E-state index in [0.29, 0.717) is 5.56 Å². The van der Waals surface area contributed by atoms with Crippen LogP contribution in [-0.2, 0) is 6.54 Å². The van der Waals surface area contributed by atoms with E-state index < -0.39 is 0 Å². The molecule has 0 saturated heterocycles. The maximum atomic E-state index is 12.3. The van der Waals surface area contributed by atoms with Crippen LogP contribution in [0.4, 0.5) is 11.4 Å². The van der Waals surface area contributed by atoms with Crippen molar-refractivity contribution in [1.82, 2.24) is 9.78 Å². The van der Waals surface area contributed by atoms with Crippen molar-refractivity contribution >= 4 is 17.3 Å². The molecule has 0 saturated carbocycles. The molecule has 124 valence electrons. The molecule has 0 spiro atoms. The van der Waals surface area contributed by atoms with Gasteiger partial charge in [0.1, 0.15) is 0 Å². The van der Waals surface area contributed by atoms with Crippen LogP contribution in [-0.4, -0.2) is 28.8 Å². The van der Waals surface area contributed by atoms with Crippen molar-refractivity contribution in [3.8, 4) is 0 Å². The Morgan fingerprint density at radius 2 is 1.96 bits per heavy atom. The molecule has 0 bridgehead atoms. The predicted molar refractivity (Wildman–Crippen MR) is 95.1 cm³/mol. The Balaban J connectivity index is 2.01. The molecule has 5 heteroatoms. The van der Waals surface area contributed by atoms with Gasteiger partial charge in [-0.3, -0.25) is 9.48 Å². The largest absolute Gasteiger partial charge is 0.372 e. The van der Waals surface area contributed by atoms with E-state index in [-0.39, 0.29) is 5.91 Å². The normalized spacial score (nSPS) is 10.6. The molecule has 2 rings (SSSR count). The van der Waals surface area contributed by atoms with Crippen LogP contribution in [0.1, 0.15) is 44.0 Å². The highest BCUT2D eigenvalue weighted by atomic mass is 16.1. The Labute approximate surface area is 138 Å². The highest BCUT2D eigenvalue weighted by Gasteiger charge is 2.09. The summed E-state index contributed by atoms with van der Waals surface area (Å²) in [6, 6.07) is 7.79. The van der Waals surface area contributed by atoms with Crippen LogP contribution >= 0.6 is 0 Å². The van der Waals surface area contributed by atoms with Crippen LogP contribution in [0.25, 0.3) is 0 Å². The summed E-state index contributed by atoms with van der Waals surface area (Å²) >= 11 is 0. The van der Waals surface area contributed by atoms with Gasteiger partial charge in [-0.25, -0.2) is 0 Å². The second-order valence-electron chi connectivity index (χ2n) is 5.52. The van der Waals surface area contributed by atoms with Gasteiger partial charge in [0.15, 0.2) is 0 Å². The first kappa shape index (κ1) is 17.1. The fourth-order valence-corrected chi connectivity index (χ4v) is 2.45. The minimum absolute atomic E-state index is 0.108. The molecule has 0 aliphatic rings. The van der Waals surface area contributed by atoms with Crippen LogP contribution < -0.4 is 10.2 Å². The Kier molecular flexibility index (Phi) is 6.20. The number of anilines is 2. The van der Waals surface area contributed by atoms with E-state index in [1.165, 1.54) is 12.8 Å². The van der Waals surface area contributed by atoms with E-state index >= 15 is 0 Å². The number of carbonyl (C=O) groups excluding carboxylic acids is 1. The second kappa shape index (κ2) is 8.36. The molecule has 1 amide bonds. The van der Waals surface area contributed by atoms with Gasteiger partial charge in [-0.2, -0.15) is 5.10 Å². The zero-order valence-corrected chi connectivity index (χ0v) is 14.2. The van der Waals surface area contributed by atoms with Crippen molar-refractivity contribution in [3.63, 3.8) is 0 Å². The van der Waals surface area contributed by atoms with Gasteiger partial charge in [0.2, 0.25) is 0 Å². The number of rotatable bonds is 8. The first-order valence-corrected chi connectivity index (χ1v) is 8.36. The molecular weight excluding hydrogens is 288 g/mol. The standard InChI is InChI=1S/C18H26N4O/c1-4-7-12-21(5-2)17-10-8-15(9-11-17)18(23)20-16-13-19-22(6-3)14-16/h8-11,13-14H,4-7,12H2,1-3H3,(H,20,23). The van der Waals surface area contributed by atoms with E-state index in [2.05, 4.69) is 29.2 Å². The summed E-state index contributed by atoms with van der Waals surface area (Å²) in [4.78, 5) is 14.6. The number of carbonyl (C=O) groups is 1. The smallest absolute Gasteiger partial charge is 0.255 e. The lowest BCUT2D eigenvalue weighted by molar-refractivity contribution is 0.102. The van der Waals surface area contributed by atoms with Crippen LogP contribution in [0.3, 0.4) is 0 Å². The third-order valence-corrected chi connectivity index (χ3v) is 3.87. The molecule has 1 N–H and O–H groups in total. The molecule has 1 aromatic carbocycles. The number of unbranched alkanes of at least 4 members (excludes halogenated alkanes) is 1. The first-order valence-electron chi connectivity index (χ1n) is 8.36. The molecule has 0 radical (unpaired) electrons. The van der Waals surface area contributed by atoms with Crippen molar-refractivity contribution in [2.24, 2.45) is 0 Å². The third-order valence-electron chi connectivity index (χ3n) is 3.87. The van der Waals surface area contributed by atoms with Gasteiger partial charge in [-0.15, -0.1) is 0 Å². The lowest BCUT2D eigenvalue weighted by Gasteiger charge is -2.23. The topological polar surface area (TPSA) is 50.2 Å². The summed E-state index contributed by atoms with van der Waals surface area (Å²) < 4.78 is 1.78. The fourth-order valence-electron chi connectivity index (χ4n) is 2.45. The zero-order valence-electron chi connectivity index (χ0n) is 14.2. The lowest BCUT2D eigenvalue weighted by atomic mass is 10.1. The maximum absolute atomic E-state index is 12.3. The van der Waals surface area contributed by atoms with Gasteiger partial charge in [-0.1, -0.05) is 13.3 Å². The van der Waals surface area contributed by atoms with E-state index in [4.69, 9.17) is 0 Å². The monoisotopic (exact) mass is 314 g/mol. The number of aromatic nitrogens is 2. The minimum Gasteiger partial charge on any atom is -0.372 e. The molecule has 0 aliphatic carbocycles. The number of nitrogens with zero attached hydrogens (tertiary/aromatic N) is 3. The lowest BCUT2D eigenvalue weighted by Crippen LogP contribution is -2.23. The number of hydrogen-bond donors (Lipinski definition) is 1. The molecule has 0 fully saturated rings. The van der Waals surface area contributed by atoms with Crippen LogP contribution in [0.2, 0.25) is 0 Å². The zero-order chi connectivity index (χ0) is 16.7. The summed E-state index contributed by atoms with van der Waals surface area (Å²) in [7, 11) is 0. The highest BCUT2D eigenvalue weighted by Crippen LogP contribution is 2.17. The van der Waals surface area contributed by atoms with Crippen molar-refractivity contribution in [3.05, 3.63) is 42.2 Å². The van der Waals surface area contributed by atoms with Gasteiger partial charge in [0, 0.05) is 37.1 Å². The van der Waals surface area contributed by atoms with Crippen LogP contribution in [0.15, 0.2) is 36.7 Å². The van der Waals surface area contributed by atoms with E-state index in [1.54, 1.807) is 10.9 Å². The molecule has 1 heterocycles. The van der Waals surface area contributed by atoms with Crippen molar-refractivity contribution in [1.29, 1.82) is 0 Å². The quantitative estimate of drug-likeness (QED) is 0.806. The average molecular weight is 314 g/mol. The summed E-state index contributed by atoms with van der Waals surface area (Å²) in [5, 5.41) is 7.03. The molecule has 5 nitrogen and oxygen atoms in total. The average Bonchev–Trinajstić information content (AvgIpc) is 3.03. The van der Waals surface area contributed by atoms with Crippen molar-refractivity contribution in [2.75, 3.05) is 23.3 Å². The second-order valence-corrected chi connectivity index (χ2v) is 5.52. The number of nitrogens with one attached hydrogen (secondary N) is 1. The summed E-state index contributed by atoms with van der Waals surface area (Å²) in [6.45, 7) is 9.17. The van der Waals surface area contributed by atoms with Crippen molar-refractivity contribution in [2.45, 2.75) is 40.2 Å². The summed E-state index contributed by atoms with van der Waals surface area (Å²) in [5.74, 6) is -0.108. The van der Waals surface area contributed by atoms with Gasteiger partial charge < -0.3 is 10.2 Å². The van der Waals surface area contributed by atoms with Gasteiger partial charge in [-0.05, 0) is 44.5 Å². The maximum Gasteiger partial charge on any atom is 0.255 e. The molecular formula is C18H26N4O. The number of benzene rings is 1. The minimum atomic E-state index is -0.108. The predicted octanol–water partition coefficient (Wildman–Crippen LogP) is 3.78. The Morgan fingerprint density at radius 3 is 2.52 bits per heavy atom. The molecule has 0 atom stereocenters. The fraction of sp³-hybridized carbons (Fsp3) is 0.444. The van der Waals surface area contributed by atoms with Gasteiger partial charge >= 0.3 is 0 Å². The Morgan fingerprint density at radius 1 is 1.22 bits per heavy atom. The number of hydrogen-bond acceptors (Lipinski definition) is 3. The molecule has 0 aliphatic heterocycles. The molecule has 1 aromatic heterocycles. The van der Waals surface area contributed by atoms with E-state index in [9.17, 15) is 4.79 Å². The first-order chi connectivity index (χ1) is 11.2. The Hall–Kier alpha value is -2.30. The summed E-state index contributed by atoms with van der Waals surface area (Å²) in [6.07, 6.45) is 5.86. The van der Waals surface area contributed by atoms with E-state index in [1.807, 2.05) is 37.4 Å². The molecule has 23 heavy (non-hydrogen) atoms. The summed E-state index contributed by atoms with van der Waals surface area (Å²) in [5.41, 5.74) is 2.54. The van der Waals surface area contributed by atoms with Gasteiger partial charge in [0.25, 0.3) is 5.91 Å². The molecule has 2 aromatic rings.